The van der Waals surface area contributed by atoms with Crippen molar-refractivity contribution in [1.29, 1.82) is 0 Å². The molecule has 3 unspecified atom stereocenters. The highest BCUT2D eigenvalue weighted by atomic mass is 16.6. The number of aliphatic hydroxyl groups excluding tert-OH is 1. The molecule has 1 N–H and O–H groups in total. The normalized spacial score (nSPS) is 25.2. The summed E-state index contributed by atoms with van der Waals surface area (Å²) < 4.78 is 10.9. The van der Waals surface area contributed by atoms with E-state index in [4.69, 9.17) is 9.47 Å². The summed E-state index contributed by atoms with van der Waals surface area (Å²) in [7, 11) is 0. The SMILES string of the molecule is CCC(C)(C)C(=O)OCC1CCC(OC(=O)C(C)(C)CC)C(O)C1. The molecule has 0 aliphatic heterocycles. The molecule has 0 heterocycles. The summed E-state index contributed by atoms with van der Waals surface area (Å²) in [5, 5.41) is 10.3. The molecule has 0 aromatic rings. The Labute approximate surface area is 146 Å². The van der Waals surface area contributed by atoms with E-state index in [0.29, 0.717) is 25.9 Å². The van der Waals surface area contributed by atoms with E-state index in [1.54, 1.807) is 0 Å². The minimum Gasteiger partial charge on any atom is -0.465 e. The summed E-state index contributed by atoms with van der Waals surface area (Å²) >= 11 is 0. The maximum atomic E-state index is 12.1. The van der Waals surface area contributed by atoms with E-state index < -0.39 is 23.0 Å². The highest BCUT2D eigenvalue weighted by Crippen LogP contribution is 2.31. The van der Waals surface area contributed by atoms with Crippen LogP contribution in [0, 0.1) is 16.7 Å². The Morgan fingerprint density at radius 2 is 1.54 bits per heavy atom. The van der Waals surface area contributed by atoms with Gasteiger partial charge in [-0.2, -0.15) is 0 Å². The number of aliphatic hydroxyl groups is 1. The van der Waals surface area contributed by atoms with Crippen LogP contribution in [0.4, 0.5) is 0 Å². The predicted octanol–water partition coefficient (Wildman–Crippen LogP) is 3.47. The molecule has 140 valence electrons. The molecular weight excluding hydrogens is 308 g/mol. The fraction of sp³-hybridized carbons (Fsp3) is 0.895. The molecule has 24 heavy (non-hydrogen) atoms. The molecule has 1 aliphatic carbocycles. The van der Waals surface area contributed by atoms with Crippen molar-refractivity contribution >= 4 is 11.9 Å². The van der Waals surface area contributed by atoms with Gasteiger partial charge in [-0.15, -0.1) is 0 Å². The van der Waals surface area contributed by atoms with Crippen molar-refractivity contribution in [1.82, 2.24) is 0 Å². The second kappa shape index (κ2) is 8.32. The largest absolute Gasteiger partial charge is 0.465 e. The van der Waals surface area contributed by atoms with Crippen LogP contribution in [0.2, 0.25) is 0 Å². The molecule has 5 heteroatoms. The summed E-state index contributed by atoms with van der Waals surface area (Å²) in [6.45, 7) is 11.7. The standard InChI is InChI=1S/C19H34O5/c1-7-18(3,4)16(21)23-12-13-9-10-15(14(20)11-13)24-17(22)19(5,6)8-2/h13-15,20H,7-12H2,1-6H3. The Bertz CT molecular complexity index is 441. The lowest BCUT2D eigenvalue weighted by Gasteiger charge is -2.34. The van der Waals surface area contributed by atoms with Crippen molar-refractivity contribution in [3.8, 4) is 0 Å². The first-order chi connectivity index (χ1) is 11.0. The zero-order chi connectivity index (χ0) is 18.5. The zero-order valence-electron chi connectivity index (χ0n) is 16.1. The Morgan fingerprint density at radius 3 is 2.04 bits per heavy atom. The fourth-order valence-electron chi connectivity index (χ4n) is 2.47. The molecule has 3 atom stereocenters. The minimum absolute atomic E-state index is 0.116. The summed E-state index contributed by atoms with van der Waals surface area (Å²) in [6.07, 6.45) is 2.14. The third kappa shape index (κ3) is 5.47. The number of hydrogen-bond acceptors (Lipinski definition) is 5. The van der Waals surface area contributed by atoms with Crippen LogP contribution >= 0.6 is 0 Å². The smallest absolute Gasteiger partial charge is 0.311 e. The van der Waals surface area contributed by atoms with Crippen LogP contribution in [0.5, 0.6) is 0 Å². The predicted molar refractivity (Wildman–Crippen MR) is 92.3 cm³/mol. The molecule has 1 rings (SSSR count). The molecule has 1 saturated carbocycles. The zero-order valence-corrected chi connectivity index (χ0v) is 16.1. The second-order valence-electron chi connectivity index (χ2n) is 8.26. The van der Waals surface area contributed by atoms with Crippen LogP contribution in [-0.4, -0.2) is 35.9 Å². The van der Waals surface area contributed by atoms with E-state index in [9.17, 15) is 14.7 Å². The number of hydrogen-bond donors (Lipinski definition) is 1. The van der Waals surface area contributed by atoms with Crippen molar-refractivity contribution in [2.45, 2.75) is 85.9 Å². The van der Waals surface area contributed by atoms with Gasteiger partial charge in [0.15, 0.2) is 0 Å². The number of rotatable bonds is 7. The monoisotopic (exact) mass is 342 g/mol. The summed E-state index contributed by atoms with van der Waals surface area (Å²) in [5.74, 6) is -0.341. The first-order valence-electron chi connectivity index (χ1n) is 9.09. The quantitative estimate of drug-likeness (QED) is 0.717. The Balaban J connectivity index is 2.46. The van der Waals surface area contributed by atoms with Gasteiger partial charge in [0.1, 0.15) is 6.10 Å². The van der Waals surface area contributed by atoms with E-state index >= 15 is 0 Å². The van der Waals surface area contributed by atoms with Crippen molar-refractivity contribution in [2.24, 2.45) is 16.7 Å². The van der Waals surface area contributed by atoms with E-state index in [0.717, 1.165) is 12.8 Å². The van der Waals surface area contributed by atoms with Crippen LogP contribution < -0.4 is 0 Å². The molecule has 1 fully saturated rings. The first-order valence-corrected chi connectivity index (χ1v) is 9.09. The molecule has 5 nitrogen and oxygen atoms in total. The molecule has 0 amide bonds. The van der Waals surface area contributed by atoms with E-state index in [1.165, 1.54) is 0 Å². The van der Waals surface area contributed by atoms with Gasteiger partial charge >= 0.3 is 11.9 Å². The van der Waals surface area contributed by atoms with E-state index in [2.05, 4.69) is 0 Å². The molecule has 0 spiro atoms. The van der Waals surface area contributed by atoms with Crippen molar-refractivity contribution in [2.75, 3.05) is 6.61 Å². The molecule has 1 aliphatic rings. The van der Waals surface area contributed by atoms with Crippen LogP contribution in [0.1, 0.15) is 73.6 Å². The van der Waals surface area contributed by atoms with Crippen LogP contribution in [-0.2, 0) is 19.1 Å². The average Bonchev–Trinajstić information content (AvgIpc) is 2.54. The summed E-state index contributed by atoms with van der Waals surface area (Å²) in [6, 6.07) is 0. The van der Waals surface area contributed by atoms with Gasteiger partial charge in [0.25, 0.3) is 0 Å². The van der Waals surface area contributed by atoms with Gasteiger partial charge < -0.3 is 14.6 Å². The lowest BCUT2D eigenvalue weighted by atomic mass is 9.85. The van der Waals surface area contributed by atoms with Gasteiger partial charge in [-0.1, -0.05) is 13.8 Å². The topological polar surface area (TPSA) is 72.8 Å². The minimum atomic E-state index is -0.696. The Morgan fingerprint density at radius 1 is 1.00 bits per heavy atom. The molecular formula is C19H34O5. The van der Waals surface area contributed by atoms with Crippen molar-refractivity contribution in [3.05, 3.63) is 0 Å². The van der Waals surface area contributed by atoms with Gasteiger partial charge in [0.2, 0.25) is 0 Å². The lowest BCUT2D eigenvalue weighted by Crippen LogP contribution is -2.41. The lowest BCUT2D eigenvalue weighted by molar-refractivity contribution is -0.170. The Hall–Kier alpha value is -1.10. The van der Waals surface area contributed by atoms with E-state index in [-0.39, 0.29) is 17.9 Å². The third-order valence-corrected chi connectivity index (χ3v) is 5.44. The van der Waals surface area contributed by atoms with Gasteiger partial charge in [-0.3, -0.25) is 9.59 Å². The highest BCUT2D eigenvalue weighted by Gasteiger charge is 2.36. The maximum absolute atomic E-state index is 12.1. The third-order valence-electron chi connectivity index (χ3n) is 5.44. The fourth-order valence-corrected chi connectivity index (χ4v) is 2.47. The van der Waals surface area contributed by atoms with Crippen molar-refractivity contribution < 1.29 is 24.2 Å². The number of carbonyl (C=O) groups is 2. The molecule has 0 aromatic carbocycles. The van der Waals surface area contributed by atoms with Crippen molar-refractivity contribution in [3.63, 3.8) is 0 Å². The van der Waals surface area contributed by atoms with Gasteiger partial charge in [-0.05, 0) is 65.7 Å². The molecule has 0 saturated heterocycles. The molecule has 0 aromatic heterocycles. The van der Waals surface area contributed by atoms with Gasteiger partial charge in [-0.25, -0.2) is 0 Å². The molecule has 0 radical (unpaired) electrons. The van der Waals surface area contributed by atoms with Gasteiger partial charge in [0.05, 0.1) is 23.5 Å². The number of ether oxygens (including phenoxy) is 2. The molecule has 0 bridgehead atoms. The van der Waals surface area contributed by atoms with Gasteiger partial charge in [0, 0.05) is 0 Å². The maximum Gasteiger partial charge on any atom is 0.311 e. The second-order valence-corrected chi connectivity index (χ2v) is 8.26. The summed E-state index contributed by atoms with van der Waals surface area (Å²) in [5.41, 5.74) is -1.01. The average molecular weight is 342 g/mol. The van der Waals surface area contributed by atoms with E-state index in [1.807, 2.05) is 41.5 Å². The van der Waals surface area contributed by atoms with Crippen LogP contribution in [0.3, 0.4) is 0 Å². The Kier molecular flexibility index (Phi) is 7.26. The number of carbonyl (C=O) groups excluding carboxylic acids is 2. The van der Waals surface area contributed by atoms with Crippen LogP contribution in [0.25, 0.3) is 0 Å². The van der Waals surface area contributed by atoms with Crippen LogP contribution in [0.15, 0.2) is 0 Å². The highest BCUT2D eigenvalue weighted by molar-refractivity contribution is 5.76. The number of esters is 2. The summed E-state index contributed by atoms with van der Waals surface area (Å²) in [4.78, 5) is 24.2. The first kappa shape index (κ1) is 20.9.